The second kappa shape index (κ2) is 7.22. The summed E-state index contributed by atoms with van der Waals surface area (Å²) in [7, 11) is 0. The van der Waals surface area contributed by atoms with Crippen molar-refractivity contribution in [2.75, 3.05) is 0 Å². The van der Waals surface area contributed by atoms with E-state index in [0.29, 0.717) is 0 Å². The SMILES string of the molecule is Brc1ccc2c(c1)=c1cc(Br)c(=C3CCCCCC3)c(C3=CC=CC3)c1C=2. The minimum atomic E-state index is 1.04. The molecule has 0 N–H and O–H groups in total. The highest BCUT2D eigenvalue weighted by Crippen LogP contribution is 2.31. The normalized spacial score (nSPS) is 18.0. The number of benzene rings is 2. The summed E-state index contributed by atoms with van der Waals surface area (Å²) in [5.74, 6) is 0. The Labute approximate surface area is 177 Å². The largest absolute Gasteiger partial charge is 0.0801 e. The first kappa shape index (κ1) is 17.7. The van der Waals surface area contributed by atoms with Gasteiger partial charge in [-0.3, -0.25) is 0 Å². The first-order valence-electron chi connectivity index (χ1n) is 9.94. The lowest BCUT2D eigenvalue weighted by atomic mass is 9.91. The van der Waals surface area contributed by atoms with Crippen LogP contribution in [0.1, 0.15) is 56.1 Å². The molecule has 2 heteroatoms. The first-order valence-corrected chi connectivity index (χ1v) is 11.5. The maximum absolute atomic E-state index is 3.99. The van der Waals surface area contributed by atoms with Crippen molar-refractivity contribution in [2.45, 2.75) is 44.9 Å². The zero-order chi connectivity index (χ0) is 18.4. The number of halogens is 2. The van der Waals surface area contributed by atoms with Crippen molar-refractivity contribution in [3.05, 3.63) is 83.4 Å². The lowest BCUT2D eigenvalue weighted by molar-refractivity contribution is 0.702. The average Bonchev–Trinajstić information content (AvgIpc) is 3.22. The molecule has 0 nitrogen and oxygen atoms in total. The summed E-state index contributed by atoms with van der Waals surface area (Å²) in [5.41, 5.74) is 5.99. The molecule has 0 amide bonds. The van der Waals surface area contributed by atoms with Crippen molar-refractivity contribution in [3.63, 3.8) is 0 Å². The minimum Gasteiger partial charge on any atom is -0.0801 e. The summed E-state index contributed by atoms with van der Waals surface area (Å²) in [6, 6.07) is 9.00. The van der Waals surface area contributed by atoms with E-state index >= 15 is 0 Å². The van der Waals surface area contributed by atoms with Gasteiger partial charge >= 0.3 is 0 Å². The third-order valence-electron chi connectivity index (χ3n) is 6.08. The Morgan fingerprint density at radius 2 is 1.67 bits per heavy atom. The number of hydrogen-bond acceptors (Lipinski definition) is 0. The fourth-order valence-electron chi connectivity index (χ4n) is 4.80. The van der Waals surface area contributed by atoms with E-state index < -0.39 is 0 Å². The van der Waals surface area contributed by atoms with Gasteiger partial charge in [-0.25, -0.2) is 0 Å². The van der Waals surface area contributed by atoms with Gasteiger partial charge in [0.2, 0.25) is 0 Å². The standard InChI is InChI=1S/C25H22Br2/c26-19-12-11-18-13-22-21(20(18)14-19)15-23(27)25(17-7-3-1-2-4-8-17)24(22)16-9-5-6-10-16/h5-6,9,11-15H,1-4,7-8,10H2. The summed E-state index contributed by atoms with van der Waals surface area (Å²) < 4.78 is 2.41. The van der Waals surface area contributed by atoms with Gasteiger partial charge in [0.05, 0.1) is 0 Å². The van der Waals surface area contributed by atoms with E-state index in [9.17, 15) is 0 Å². The summed E-state index contributed by atoms with van der Waals surface area (Å²) in [4.78, 5) is 0. The van der Waals surface area contributed by atoms with Gasteiger partial charge in [-0.05, 0) is 94.0 Å². The molecular formula is C25H22Br2. The highest BCUT2D eigenvalue weighted by atomic mass is 79.9. The summed E-state index contributed by atoms with van der Waals surface area (Å²) in [6.45, 7) is 0. The van der Waals surface area contributed by atoms with Crippen LogP contribution in [0.2, 0.25) is 0 Å². The molecule has 1 fully saturated rings. The fourth-order valence-corrected chi connectivity index (χ4v) is 5.87. The lowest BCUT2D eigenvalue weighted by Crippen LogP contribution is -2.17. The lowest BCUT2D eigenvalue weighted by Gasteiger charge is -2.15. The smallest absolute Gasteiger partial charge is 0.0259 e. The van der Waals surface area contributed by atoms with Crippen LogP contribution in [0.5, 0.6) is 0 Å². The van der Waals surface area contributed by atoms with E-state index in [1.165, 1.54) is 80.6 Å². The molecule has 0 heterocycles. The predicted octanol–water partition coefficient (Wildman–Crippen LogP) is 6.49. The van der Waals surface area contributed by atoms with Crippen molar-refractivity contribution in [1.82, 2.24) is 0 Å². The zero-order valence-corrected chi connectivity index (χ0v) is 18.5. The molecule has 0 radical (unpaired) electrons. The fraction of sp³-hybridized carbons (Fsp3) is 0.280. The number of rotatable bonds is 1. The molecular weight excluding hydrogens is 460 g/mol. The van der Waals surface area contributed by atoms with Gasteiger partial charge < -0.3 is 0 Å². The first-order chi connectivity index (χ1) is 13.2. The Bertz CT molecular complexity index is 1200. The second-order valence-electron chi connectivity index (χ2n) is 7.79. The monoisotopic (exact) mass is 480 g/mol. The Balaban J connectivity index is 1.92. The van der Waals surface area contributed by atoms with Crippen LogP contribution in [0.15, 0.2) is 51.4 Å². The van der Waals surface area contributed by atoms with Crippen LogP contribution in [0.4, 0.5) is 0 Å². The Hall–Kier alpha value is -1.38. The van der Waals surface area contributed by atoms with E-state index in [4.69, 9.17) is 0 Å². The van der Waals surface area contributed by atoms with E-state index in [1.54, 1.807) is 5.57 Å². The molecule has 0 atom stereocenters. The number of hydrogen-bond donors (Lipinski definition) is 0. The van der Waals surface area contributed by atoms with Gasteiger partial charge in [-0.2, -0.15) is 0 Å². The predicted molar refractivity (Wildman–Crippen MR) is 122 cm³/mol. The van der Waals surface area contributed by atoms with Crippen molar-refractivity contribution >= 4 is 49.1 Å². The van der Waals surface area contributed by atoms with Gasteiger partial charge in [0, 0.05) is 8.95 Å². The van der Waals surface area contributed by atoms with Gasteiger partial charge in [-0.15, -0.1) is 0 Å². The van der Waals surface area contributed by atoms with Crippen LogP contribution < -0.4 is 10.4 Å². The van der Waals surface area contributed by atoms with Gasteiger partial charge in [-0.1, -0.05) is 74.6 Å². The van der Waals surface area contributed by atoms with E-state index in [0.717, 1.165) is 10.9 Å². The summed E-state index contributed by atoms with van der Waals surface area (Å²) in [6.07, 6.45) is 18.1. The van der Waals surface area contributed by atoms with Crippen molar-refractivity contribution in [1.29, 1.82) is 0 Å². The van der Waals surface area contributed by atoms with E-state index in [2.05, 4.69) is 80.4 Å². The van der Waals surface area contributed by atoms with Crippen LogP contribution in [0.3, 0.4) is 0 Å². The van der Waals surface area contributed by atoms with Crippen LogP contribution in [-0.2, 0) is 0 Å². The third-order valence-corrected chi connectivity index (χ3v) is 7.20. The highest BCUT2D eigenvalue weighted by Gasteiger charge is 2.19. The van der Waals surface area contributed by atoms with Gasteiger partial charge in [0.1, 0.15) is 0 Å². The van der Waals surface area contributed by atoms with Crippen LogP contribution >= 0.6 is 31.9 Å². The maximum Gasteiger partial charge on any atom is 0.0259 e. The molecule has 0 bridgehead atoms. The van der Waals surface area contributed by atoms with Crippen molar-refractivity contribution < 1.29 is 0 Å². The number of fused-ring (bicyclic) bond motifs is 2. The van der Waals surface area contributed by atoms with E-state index in [-0.39, 0.29) is 0 Å². The Morgan fingerprint density at radius 3 is 2.41 bits per heavy atom. The molecule has 0 aromatic heterocycles. The van der Waals surface area contributed by atoms with Crippen molar-refractivity contribution in [2.24, 2.45) is 0 Å². The molecule has 3 aliphatic carbocycles. The van der Waals surface area contributed by atoms with Crippen LogP contribution in [-0.4, -0.2) is 0 Å². The van der Waals surface area contributed by atoms with Crippen molar-refractivity contribution in [3.8, 4) is 0 Å². The maximum atomic E-state index is 3.99. The Kier molecular flexibility index (Phi) is 4.73. The topological polar surface area (TPSA) is 0 Å². The molecule has 1 saturated carbocycles. The van der Waals surface area contributed by atoms with Gasteiger partial charge in [0.15, 0.2) is 0 Å². The molecule has 5 rings (SSSR count). The zero-order valence-electron chi connectivity index (χ0n) is 15.3. The average molecular weight is 482 g/mol. The summed E-state index contributed by atoms with van der Waals surface area (Å²) >= 11 is 7.64. The molecule has 0 aliphatic heterocycles. The van der Waals surface area contributed by atoms with E-state index in [1.807, 2.05) is 0 Å². The Morgan fingerprint density at radius 1 is 0.852 bits per heavy atom. The van der Waals surface area contributed by atoms with Crippen LogP contribution in [0, 0.1) is 10.4 Å². The third kappa shape index (κ3) is 3.11. The second-order valence-corrected chi connectivity index (χ2v) is 9.56. The molecule has 2 aromatic carbocycles. The quantitative estimate of drug-likeness (QED) is 0.348. The molecule has 136 valence electrons. The highest BCUT2D eigenvalue weighted by molar-refractivity contribution is 9.10. The number of allylic oxidation sites excluding steroid dienone is 4. The summed E-state index contributed by atoms with van der Waals surface area (Å²) in [5, 5.41) is 5.51. The molecule has 27 heavy (non-hydrogen) atoms. The van der Waals surface area contributed by atoms with Gasteiger partial charge in [0.25, 0.3) is 0 Å². The molecule has 2 aromatic rings. The minimum absolute atomic E-state index is 1.04. The molecule has 3 aliphatic rings. The molecule has 0 unspecified atom stereocenters. The molecule has 0 saturated heterocycles. The van der Waals surface area contributed by atoms with Crippen LogP contribution in [0.25, 0.3) is 17.2 Å². The molecule has 0 spiro atoms.